The zero-order valence-electron chi connectivity index (χ0n) is 10.6. The Morgan fingerprint density at radius 2 is 1.53 bits per heavy atom. The van der Waals surface area contributed by atoms with Crippen LogP contribution in [0.25, 0.3) is 0 Å². The van der Waals surface area contributed by atoms with E-state index in [1.54, 1.807) is 0 Å². The maximum atomic E-state index is 5.90. The van der Waals surface area contributed by atoms with Gasteiger partial charge in [0.25, 0.3) is 0 Å². The Balaban J connectivity index is 3.02. The number of nitrogens with two attached hydrogens (primary N) is 1. The summed E-state index contributed by atoms with van der Waals surface area (Å²) in [4.78, 5) is 0. The topological polar surface area (TPSA) is 35.2 Å². The van der Waals surface area contributed by atoms with E-state index in [-0.39, 0.29) is 6.04 Å². The summed E-state index contributed by atoms with van der Waals surface area (Å²) in [6.07, 6.45) is 10.6. The van der Waals surface area contributed by atoms with Gasteiger partial charge in [0, 0.05) is 12.6 Å². The van der Waals surface area contributed by atoms with E-state index in [4.69, 9.17) is 10.5 Å². The fourth-order valence-electron chi connectivity index (χ4n) is 1.72. The van der Waals surface area contributed by atoms with Crippen LogP contribution < -0.4 is 5.73 Å². The van der Waals surface area contributed by atoms with Gasteiger partial charge in [0.1, 0.15) is 0 Å². The van der Waals surface area contributed by atoms with Gasteiger partial charge < -0.3 is 10.5 Å². The molecule has 0 saturated heterocycles. The minimum Gasteiger partial charge on any atom is -0.380 e. The molecule has 0 saturated carbocycles. The van der Waals surface area contributed by atoms with E-state index in [1.165, 1.54) is 44.9 Å². The summed E-state index contributed by atoms with van der Waals surface area (Å²) in [7, 11) is 0. The Hall–Kier alpha value is -0.0800. The van der Waals surface area contributed by atoms with Crippen LogP contribution in [0.1, 0.15) is 65.2 Å². The van der Waals surface area contributed by atoms with E-state index >= 15 is 0 Å². The first-order valence-electron chi connectivity index (χ1n) is 6.64. The van der Waals surface area contributed by atoms with Crippen molar-refractivity contribution in [2.45, 2.75) is 71.3 Å². The lowest BCUT2D eigenvalue weighted by molar-refractivity contribution is 0.130. The summed E-state index contributed by atoms with van der Waals surface area (Å²) in [5, 5.41) is 0. The van der Waals surface area contributed by atoms with Gasteiger partial charge >= 0.3 is 0 Å². The highest BCUT2D eigenvalue weighted by Crippen LogP contribution is 2.09. The van der Waals surface area contributed by atoms with Gasteiger partial charge in [-0.1, -0.05) is 51.9 Å². The smallest absolute Gasteiger partial charge is 0.0617 e. The maximum Gasteiger partial charge on any atom is 0.0617 e. The van der Waals surface area contributed by atoms with Gasteiger partial charge in [0.15, 0.2) is 0 Å². The third-order valence-corrected chi connectivity index (χ3v) is 2.71. The fraction of sp³-hybridized carbons (Fsp3) is 1.00. The number of unbranched alkanes of at least 4 members (excludes halogenated alkanes) is 6. The van der Waals surface area contributed by atoms with Crippen LogP contribution in [0.15, 0.2) is 0 Å². The van der Waals surface area contributed by atoms with Crippen molar-refractivity contribution in [1.82, 2.24) is 0 Å². The molecule has 2 nitrogen and oxygen atoms in total. The molecule has 0 aliphatic heterocycles. The molecule has 15 heavy (non-hydrogen) atoms. The molecule has 0 amide bonds. The summed E-state index contributed by atoms with van der Waals surface area (Å²) >= 11 is 0. The summed E-state index contributed by atoms with van der Waals surface area (Å²) in [5.74, 6) is 0. The van der Waals surface area contributed by atoms with Gasteiger partial charge in [-0.15, -0.1) is 0 Å². The minimum absolute atomic E-state index is 0.251. The first-order valence-corrected chi connectivity index (χ1v) is 6.64. The van der Waals surface area contributed by atoms with E-state index in [1.807, 2.05) is 6.92 Å². The molecule has 1 atom stereocenters. The molecule has 2 heteroatoms. The molecule has 0 aromatic carbocycles. The lowest BCUT2D eigenvalue weighted by Crippen LogP contribution is -2.25. The van der Waals surface area contributed by atoms with Crippen LogP contribution in [0.5, 0.6) is 0 Å². The normalized spacial score (nSPS) is 13.0. The zero-order chi connectivity index (χ0) is 11.4. The quantitative estimate of drug-likeness (QED) is 0.535. The van der Waals surface area contributed by atoms with Crippen molar-refractivity contribution in [3.05, 3.63) is 0 Å². The van der Waals surface area contributed by atoms with Gasteiger partial charge in [0.2, 0.25) is 0 Å². The van der Waals surface area contributed by atoms with Crippen LogP contribution in [-0.2, 0) is 4.74 Å². The van der Waals surface area contributed by atoms with Gasteiger partial charge in [-0.25, -0.2) is 0 Å². The van der Waals surface area contributed by atoms with E-state index < -0.39 is 0 Å². The lowest BCUT2D eigenvalue weighted by atomic mass is 10.1. The third-order valence-electron chi connectivity index (χ3n) is 2.71. The van der Waals surface area contributed by atoms with E-state index in [2.05, 4.69) is 6.92 Å². The highest BCUT2D eigenvalue weighted by molar-refractivity contribution is 4.59. The van der Waals surface area contributed by atoms with Crippen LogP contribution in [-0.4, -0.2) is 19.3 Å². The van der Waals surface area contributed by atoms with E-state index in [0.29, 0.717) is 0 Å². The third kappa shape index (κ3) is 11.8. The summed E-state index contributed by atoms with van der Waals surface area (Å²) < 4.78 is 5.28. The second-order valence-corrected chi connectivity index (χ2v) is 4.33. The monoisotopic (exact) mass is 215 g/mol. The first kappa shape index (κ1) is 14.9. The predicted octanol–water partition coefficient (Wildman–Crippen LogP) is 3.49. The Labute approximate surface area is 95.6 Å². The predicted molar refractivity (Wildman–Crippen MR) is 67.1 cm³/mol. The molecule has 1 unspecified atom stereocenters. The minimum atomic E-state index is 0.251. The Bertz CT molecular complexity index is 117. The molecule has 0 heterocycles. The van der Waals surface area contributed by atoms with Crippen LogP contribution in [0.2, 0.25) is 0 Å². The van der Waals surface area contributed by atoms with Crippen LogP contribution in [0.3, 0.4) is 0 Å². The molecule has 92 valence electrons. The van der Waals surface area contributed by atoms with Gasteiger partial charge in [-0.2, -0.15) is 0 Å². The van der Waals surface area contributed by atoms with Crippen molar-refractivity contribution in [2.24, 2.45) is 5.73 Å². The maximum absolute atomic E-state index is 5.90. The number of ether oxygens (including phenoxy) is 1. The lowest BCUT2D eigenvalue weighted by Gasteiger charge is -2.10. The van der Waals surface area contributed by atoms with Crippen molar-refractivity contribution in [3.8, 4) is 0 Å². The standard InChI is InChI=1S/C13H29NO/c1-3-5-6-7-8-9-10-11-13(14)12-15-4-2/h13H,3-12,14H2,1-2H3. The van der Waals surface area contributed by atoms with Crippen LogP contribution in [0, 0.1) is 0 Å². The SMILES string of the molecule is CCCCCCCCCC(N)COCC. The van der Waals surface area contributed by atoms with Crippen molar-refractivity contribution in [2.75, 3.05) is 13.2 Å². The average molecular weight is 215 g/mol. The van der Waals surface area contributed by atoms with Crippen molar-refractivity contribution >= 4 is 0 Å². The molecule has 0 radical (unpaired) electrons. The molecule has 0 fully saturated rings. The largest absolute Gasteiger partial charge is 0.380 e. The molecule has 0 aromatic heterocycles. The second kappa shape index (κ2) is 12.0. The van der Waals surface area contributed by atoms with Gasteiger partial charge in [-0.3, -0.25) is 0 Å². The summed E-state index contributed by atoms with van der Waals surface area (Å²) in [5.41, 5.74) is 5.90. The molecule has 0 rings (SSSR count). The highest BCUT2D eigenvalue weighted by Gasteiger charge is 2.01. The van der Waals surface area contributed by atoms with Crippen molar-refractivity contribution in [3.63, 3.8) is 0 Å². The second-order valence-electron chi connectivity index (χ2n) is 4.33. The summed E-state index contributed by atoms with van der Waals surface area (Å²) in [6.45, 7) is 5.78. The molecular weight excluding hydrogens is 186 g/mol. The molecular formula is C13H29NO. The molecule has 0 spiro atoms. The Morgan fingerprint density at radius 3 is 2.13 bits per heavy atom. The Kier molecular flexibility index (Phi) is 11.9. The summed E-state index contributed by atoms with van der Waals surface area (Å²) in [6, 6.07) is 0.251. The van der Waals surface area contributed by atoms with E-state index in [0.717, 1.165) is 19.6 Å². The molecule has 0 aliphatic carbocycles. The number of rotatable bonds is 11. The molecule has 2 N–H and O–H groups in total. The highest BCUT2D eigenvalue weighted by atomic mass is 16.5. The first-order chi connectivity index (χ1) is 7.31. The molecule has 0 bridgehead atoms. The van der Waals surface area contributed by atoms with Crippen molar-refractivity contribution < 1.29 is 4.74 Å². The van der Waals surface area contributed by atoms with E-state index in [9.17, 15) is 0 Å². The average Bonchev–Trinajstić information content (AvgIpc) is 2.25. The van der Waals surface area contributed by atoms with Gasteiger partial charge in [-0.05, 0) is 13.3 Å². The molecule has 0 aliphatic rings. The number of hydrogen-bond donors (Lipinski definition) is 1. The molecule has 0 aromatic rings. The van der Waals surface area contributed by atoms with Gasteiger partial charge in [0.05, 0.1) is 6.61 Å². The number of hydrogen-bond acceptors (Lipinski definition) is 2. The van der Waals surface area contributed by atoms with Crippen molar-refractivity contribution in [1.29, 1.82) is 0 Å². The van der Waals surface area contributed by atoms with Crippen LogP contribution >= 0.6 is 0 Å². The zero-order valence-corrected chi connectivity index (χ0v) is 10.6. The van der Waals surface area contributed by atoms with Crippen LogP contribution in [0.4, 0.5) is 0 Å². The Morgan fingerprint density at radius 1 is 0.933 bits per heavy atom. The fourth-order valence-corrected chi connectivity index (χ4v) is 1.72.